The smallest absolute Gasteiger partial charge is 0.323 e. The second-order valence-corrected chi connectivity index (χ2v) is 5.11. The monoisotopic (exact) mass is 292 g/mol. The van der Waals surface area contributed by atoms with Crippen LogP contribution in [0.3, 0.4) is 0 Å². The molecule has 0 radical (unpaired) electrons. The Labute approximate surface area is 126 Å². The SMILES string of the molecule is CCc1ccc(CNC(=O)N(CC(=O)O)C(C)CC)cc1. The number of amides is 2. The van der Waals surface area contributed by atoms with E-state index in [2.05, 4.69) is 12.2 Å². The van der Waals surface area contributed by atoms with Crippen LogP contribution in [0.4, 0.5) is 4.79 Å². The van der Waals surface area contributed by atoms with Gasteiger partial charge in [0.1, 0.15) is 6.54 Å². The first kappa shape index (κ1) is 17.0. The molecule has 0 saturated carbocycles. The Morgan fingerprint density at radius 3 is 2.24 bits per heavy atom. The van der Waals surface area contributed by atoms with Gasteiger partial charge in [0.15, 0.2) is 0 Å². The van der Waals surface area contributed by atoms with Gasteiger partial charge in [-0.15, -0.1) is 0 Å². The van der Waals surface area contributed by atoms with Crippen LogP contribution < -0.4 is 5.32 Å². The van der Waals surface area contributed by atoms with Crippen LogP contribution in [0.5, 0.6) is 0 Å². The summed E-state index contributed by atoms with van der Waals surface area (Å²) in [4.78, 5) is 24.3. The Balaban J connectivity index is 2.61. The van der Waals surface area contributed by atoms with Gasteiger partial charge in [-0.1, -0.05) is 38.1 Å². The zero-order valence-corrected chi connectivity index (χ0v) is 12.9. The number of urea groups is 1. The Bertz CT molecular complexity index is 471. The van der Waals surface area contributed by atoms with Crippen LogP contribution in [0.25, 0.3) is 0 Å². The van der Waals surface area contributed by atoms with Crippen LogP contribution in [0.15, 0.2) is 24.3 Å². The molecule has 0 aliphatic carbocycles. The summed E-state index contributed by atoms with van der Waals surface area (Å²) in [6.45, 7) is 5.98. The molecule has 2 amide bonds. The number of benzene rings is 1. The van der Waals surface area contributed by atoms with Gasteiger partial charge in [-0.2, -0.15) is 0 Å². The van der Waals surface area contributed by atoms with Crippen LogP contribution in [-0.2, 0) is 17.8 Å². The molecule has 2 N–H and O–H groups in total. The summed E-state index contributed by atoms with van der Waals surface area (Å²) >= 11 is 0. The number of aliphatic carboxylic acids is 1. The second kappa shape index (κ2) is 8.29. The maximum absolute atomic E-state index is 12.1. The van der Waals surface area contributed by atoms with Crippen LogP contribution in [0, 0.1) is 0 Å². The van der Waals surface area contributed by atoms with E-state index in [-0.39, 0.29) is 18.6 Å². The lowest BCUT2D eigenvalue weighted by Crippen LogP contribution is -2.47. The van der Waals surface area contributed by atoms with Crippen molar-refractivity contribution in [2.45, 2.75) is 46.2 Å². The quantitative estimate of drug-likeness (QED) is 0.811. The molecule has 0 fully saturated rings. The summed E-state index contributed by atoms with van der Waals surface area (Å²) < 4.78 is 0. The molecule has 0 spiro atoms. The van der Waals surface area contributed by atoms with E-state index in [9.17, 15) is 9.59 Å². The van der Waals surface area contributed by atoms with Crippen molar-refractivity contribution in [3.63, 3.8) is 0 Å². The van der Waals surface area contributed by atoms with Crippen LogP contribution in [0.1, 0.15) is 38.3 Å². The lowest BCUT2D eigenvalue weighted by atomic mass is 10.1. The van der Waals surface area contributed by atoms with Crippen molar-refractivity contribution in [1.29, 1.82) is 0 Å². The number of nitrogens with zero attached hydrogens (tertiary/aromatic N) is 1. The lowest BCUT2D eigenvalue weighted by molar-refractivity contribution is -0.138. The summed E-state index contributed by atoms with van der Waals surface area (Å²) in [6, 6.07) is 7.57. The van der Waals surface area contributed by atoms with Crippen molar-refractivity contribution >= 4 is 12.0 Å². The minimum atomic E-state index is -1.00. The zero-order chi connectivity index (χ0) is 15.8. The molecule has 5 heteroatoms. The predicted octanol–water partition coefficient (Wildman–Crippen LogP) is 2.64. The van der Waals surface area contributed by atoms with Gasteiger partial charge in [-0.25, -0.2) is 4.79 Å². The van der Waals surface area contributed by atoms with Crippen LogP contribution in [0.2, 0.25) is 0 Å². The van der Waals surface area contributed by atoms with Crippen molar-refractivity contribution in [3.05, 3.63) is 35.4 Å². The average Bonchev–Trinajstić information content (AvgIpc) is 2.49. The molecule has 0 saturated heterocycles. The molecule has 0 heterocycles. The summed E-state index contributed by atoms with van der Waals surface area (Å²) in [5, 5.41) is 11.7. The Kier molecular flexibility index (Phi) is 6.72. The number of carboxylic acids is 1. The van der Waals surface area contributed by atoms with Gasteiger partial charge >= 0.3 is 12.0 Å². The molecule has 0 bridgehead atoms. The summed E-state index contributed by atoms with van der Waals surface area (Å²) in [7, 11) is 0. The molecule has 5 nitrogen and oxygen atoms in total. The third-order valence-corrected chi connectivity index (χ3v) is 3.56. The van der Waals surface area contributed by atoms with E-state index >= 15 is 0 Å². The first-order valence-electron chi connectivity index (χ1n) is 7.32. The molecule has 21 heavy (non-hydrogen) atoms. The van der Waals surface area contributed by atoms with Crippen LogP contribution >= 0.6 is 0 Å². The van der Waals surface area contributed by atoms with E-state index < -0.39 is 5.97 Å². The van der Waals surface area contributed by atoms with E-state index in [1.165, 1.54) is 10.5 Å². The van der Waals surface area contributed by atoms with E-state index in [0.717, 1.165) is 12.0 Å². The van der Waals surface area contributed by atoms with E-state index in [1.807, 2.05) is 38.1 Å². The fraction of sp³-hybridized carbons (Fsp3) is 0.500. The molecule has 116 valence electrons. The largest absolute Gasteiger partial charge is 0.480 e. The van der Waals surface area contributed by atoms with Crippen molar-refractivity contribution in [3.8, 4) is 0 Å². The van der Waals surface area contributed by atoms with Gasteiger partial charge < -0.3 is 15.3 Å². The van der Waals surface area contributed by atoms with Gasteiger partial charge in [0, 0.05) is 12.6 Å². The standard InChI is InChI=1S/C16H24N2O3/c1-4-12(3)18(11-15(19)20)16(21)17-10-14-8-6-13(5-2)7-9-14/h6-9,12H,4-5,10-11H2,1-3H3,(H,17,21)(H,19,20). The van der Waals surface area contributed by atoms with E-state index in [4.69, 9.17) is 5.11 Å². The molecule has 1 aromatic rings. The van der Waals surface area contributed by atoms with Gasteiger partial charge in [0.05, 0.1) is 0 Å². The lowest BCUT2D eigenvalue weighted by Gasteiger charge is -2.27. The van der Waals surface area contributed by atoms with E-state index in [1.54, 1.807) is 0 Å². The number of carbonyl (C=O) groups excluding carboxylic acids is 1. The molecular weight excluding hydrogens is 268 g/mol. The highest BCUT2D eigenvalue weighted by Gasteiger charge is 2.21. The van der Waals surface area contributed by atoms with Crippen molar-refractivity contribution in [2.24, 2.45) is 0 Å². The highest BCUT2D eigenvalue weighted by Crippen LogP contribution is 2.07. The first-order chi connectivity index (χ1) is 9.97. The number of aryl methyl sites for hydroxylation is 1. The third kappa shape index (κ3) is 5.45. The minimum absolute atomic E-state index is 0.108. The fourth-order valence-corrected chi connectivity index (χ4v) is 1.97. The average molecular weight is 292 g/mol. The number of carbonyl (C=O) groups is 2. The summed E-state index contributed by atoms with van der Waals surface area (Å²) in [5.74, 6) is -1.00. The maximum atomic E-state index is 12.1. The third-order valence-electron chi connectivity index (χ3n) is 3.56. The number of carboxylic acid groups (broad SMARTS) is 1. The number of rotatable bonds is 7. The fourth-order valence-electron chi connectivity index (χ4n) is 1.97. The Hall–Kier alpha value is -2.04. The number of hydrogen-bond donors (Lipinski definition) is 2. The van der Waals surface area contributed by atoms with Gasteiger partial charge in [-0.05, 0) is 30.9 Å². The molecular formula is C16H24N2O3. The molecule has 1 rings (SSSR count). The molecule has 1 atom stereocenters. The highest BCUT2D eigenvalue weighted by atomic mass is 16.4. The molecule has 1 aromatic carbocycles. The molecule has 1 unspecified atom stereocenters. The topological polar surface area (TPSA) is 69.6 Å². The van der Waals surface area contributed by atoms with Gasteiger partial charge in [0.2, 0.25) is 0 Å². The molecule has 0 aromatic heterocycles. The first-order valence-corrected chi connectivity index (χ1v) is 7.32. The molecule has 0 aliphatic heterocycles. The summed E-state index contributed by atoms with van der Waals surface area (Å²) in [6.07, 6.45) is 1.69. The van der Waals surface area contributed by atoms with Gasteiger partial charge in [0.25, 0.3) is 0 Å². The van der Waals surface area contributed by atoms with Crippen molar-refractivity contribution in [1.82, 2.24) is 10.2 Å². The van der Waals surface area contributed by atoms with Crippen molar-refractivity contribution < 1.29 is 14.7 Å². The normalized spacial score (nSPS) is 11.8. The van der Waals surface area contributed by atoms with Gasteiger partial charge in [-0.3, -0.25) is 4.79 Å². The minimum Gasteiger partial charge on any atom is -0.480 e. The second-order valence-electron chi connectivity index (χ2n) is 5.11. The number of hydrogen-bond acceptors (Lipinski definition) is 2. The van der Waals surface area contributed by atoms with E-state index in [0.29, 0.717) is 13.0 Å². The predicted molar refractivity (Wildman–Crippen MR) is 82.2 cm³/mol. The Morgan fingerprint density at radius 2 is 1.76 bits per heavy atom. The maximum Gasteiger partial charge on any atom is 0.323 e. The molecule has 0 aliphatic rings. The Morgan fingerprint density at radius 1 is 1.19 bits per heavy atom. The van der Waals surface area contributed by atoms with Crippen LogP contribution in [-0.4, -0.2) is 34.6 Å². The summed E-state index contributed by atoms with van der Waals surface area (Å²) in [5.41, 5.74) is 2.25. The highest BCUT2D eigenvalue weighted by molar-refractivity contribution is 5.80. The van der Waals surface area contributed by atoms with Crippen molar-refractivity contribution in [2.75, 3.05) is 6.54 Å². The number of nitrogens with one attached hydrogen (secondary N) is 1. The zero-order valence-electron chi connectivity index (χ0n) is 12.9.